The summed E-state index contributed by atoms with van der Waals surface area (Å²) in [6.07, 6.45) is 4.60. The first kappa shape index (κ1) is 21.4. The molecule has 3 aliphatic rings. The molecule has 1 aliphatic heterocycles. The summed E-state index contributed by atoms with van der Waals surface area (Å²) >= 11 is 2.26. The maximum atomic E-state index is 13.1. The zero-order valence-electron chi connectivity index (χ0n) is 18.0. The van der Waals surface area contributed by atoms with Gasteiger partial charge in [0.2, 0.25) is 0 Å². The third-order valence-electron chi connectivity index (χ3n) is 6.18. The molecule has 1 heterocycles. The first-order valence-corrected chi connectivity index (χ1v) is 11.7. The number of ketones is 2. The number of nitrogens with zero attached hydrogens (tertiary/aromatic N) is 1. The lowest BCUT2D eigenvalue weighted by molar-refractivity contribution is -0.117. The van der Waals surface area contributed by atoms with Crippen LogP contribution in [0.2, 0.25) is 0 Å². The van der Waals surface area contributed by atoms with Gasteiger partial charge < -0.3 is 14.4 Å². The Bertz CT molecular complexity index is 932. The second-order valence-corrected chi connectivity index (χ2v) is 9.63. The first-order chi connectivity index (χ1) is 14.3. The number of halogens is 1. The molecular weight excluding hydrogens is 493 g/mol. The minimum Gasteiger partial charge on any atom is -0.493 e. The number of rotatable bonds is 4. The Morgan fingerprint density at radius 3 is 2.07 bits per heavy atom. The standard InChI is InChI=1S/C24H28INO4/c1-13(2)30-24-15(25)11-14(12-20(24)29-4)21-22-16(7-5-9-18(22)27)26(3)17-8-6-10-19(28)23(17)21/h11-13,21H,5-10H2,1-4H3. The number of carbonyl (C=O) groups is 2. The van der Waals surface area contributed by atoms with Crippen LogP contribution >= 0.6 is 22.6 Å². The molecule has 0 aromatic heterocycles. The molecule has 0 saturated carbocycles. The highest BCUT2D eigenvalue weighted by atomic mass is 127. The molecule has 0 radical (unpaired) electrons. The molecule has 4 rings (SSSR count). The summed E-state index contributed by atoms with van der Waals surface area (Å²) in [5, 5.41) is 0. The third-order valence-corrected chi connectivity index (χ3v) is 6.98. The predicted molar refractivity (Wildman–Crippen MR) is 124 cm³/mol. The van der Waals surface area contributed by atoms with Crippen molar-refractivity contribution in [2.45, 2.75) is 64.4 Å². The van der Waals surface area contributed by atoms with E-state index in [0.29, 0.717) is 24.3 Å². The number of Topliss-reactive ketones (excluding diaryl/α,β-unsaturated/α-hetero) is 2. The van der Waals surface area contributed by atoms with Crippen molar-refractivity contribution in [3.05, 3.63) is 43.8 Å². The molecule has 1 aromatic carbocycles. The summed E-state index contributed by atoms with van der Waals surface area (Å²) < 4.78 is 12.6. The van der Waals surface area contributed by atoms with Gasteiger partial charge in [-0.15, -0.1) is 0 Å². The van der Waals surface area contributed by atoms with E-state index in [1.54, 1.807) is 7.11 Å². The molecule has 0 fully saturated rings. The van der Waals surface area contributed by atoms with Crippen molar-refractivity contribution in [2.75, 3.05) is 14.2 Å². The number of hydrogen-bond acceptors (Lipinski definition) is 5. The first-order valence-electron chi connectivity index (χ1n) is 10.6. The van der Waals surface area contributed by atoms with Gasteiger partial charge in [-0.3, -0.25) is 9.59 Å². The van der Waals surface area contributed by atoms with E-state index in [9.17, 15) is 9.59 Å². The van der Waals surface area contributed by atoms with Gasteiger partial charge in [0.15, 0.2) is 23.1 Å². The molecule has 0 saturated heterocycles. The van der Waals surface area contributed by atoms with Crippen LogP contribution in [0, 0.1) is 3.57 Å². The van der Waals surface area contributed by atoms with Gasteiger partial charge in [0, 0.05) is 48.3 Å². The van der Waals surface area contributed by atoms with Gasteiger partial charge in [-0.05, 0) is 79.8 Å². The molecule has 0 amide bonds. The van der Waals surface area contributed by atoms with Crippen LogP contribution in [0.3, 0.4) is 0 Å². The van der Waals surface area contributed by atoms with Crippen molar-refractivity contribution in [2.24, 2.45) is 0 Å². The van der Waals surface area contributed by atoms with Crippen LogP contribution in [0.25, 0.3) is 0 Å². The number of hydrogen-bond donors (Lipinski definition) is 0. The third kappa shape index (κ3) is 3.57. The molecular formula is C24H28INO4. The Kier molecular flexibility index (Phi) is 5.97. The van der Waals surface area contributed by atoms with Crippen molar-refractivity contribution >= 4 is 34.2 Å². The van der Waals surface area contributed by atoms with Crippen LogP contribution in [0.4, 0.5) is 0 Å². The lowest BCUT2D eigenvalue weighted by atomic mass is 9.71. The largest absolute Gasteiger partial charge is 0.493 e. The summed E-state index contributed by atoms with van der Waals surface area (Å²) in [5.74, 6) is 1.35. The molecule has 1 aromatic rings. The van der Waals surface area contributed by atoms with Crippen molar-refractivity contribution in [1.82, 2.24) is 4.90 Å². The van der Waals surface area contributed by atoms with Crippen LogP contribution in [-0.4, -0.2) is 36.7 Å². The fourth-order valence-electron chi connectivity index (χ4n) is 4.94. The van der Waals surface area contributed by atoms with E-state index >= 15 is 0 Å². The molecule has 160 valence electrons. The van der Waals surface area contributed by atoms with Crippen molar-refractivity contribution in [3.63, 3.8) is 0 Å². The Hall–Kier alpha value is -1.83. The van der Waals surface area contributed by atoms with Crippen molar-refractivity contribution in [1.29, 1.82) is 0 Å². The molecule has 2 aliphatic carbocycles. The lowest BCUT2D eigenvalue weighted by Crippen LogP contribution is -2.37. The maximum Gasteiger partial charge on any atom is 0.174 e. The lowest BCUT2D eigenvalue weighted by Gasteiger charge is -2.42. The number of methoxy groups -OCH3 is 1. The van der Waals surface area contributed by atoms with Gasteiger partial charge in [-0.2, -0.15) is 0 Å². The van der Waals surface area contributed by atoms with E-state index in [0.717, 1.165) is 57.4 Å². The summed E-state index contributed by atoms with van der Waals surface area (Å²) in [4.78, 5) is 28.4. The van der Waals surface area contributed by atoms with Crippen LogP contribution in [-0.2, 0) is 9.59 Å². The summed E-state index contributed by atoms with van der Waals surface area (Å²) in [6.45, 7) is 3.96. The second-order valence-electron chi connectivity index (χ2n) is 8.47. The number of carbonyl (C=O) groups excluding carboxylic acids is 2. The number of allylic oxidation sites excluding steroid dienone is 4. The van der Waals surface area contributed by atoms with Gasteiger partial charge in [-0.25, -0.2) is 0 Å². The summed E-state index contributed by atoms with van der Waals surface area (Å²) in [5.41, 5.74) is 4.70. The second kappa shape index (κ2) is 8.36. The fraction of sp³-hybridized carbons (Fsp3) is 0.500. The molecule has 0 bridgehead atoms. The van der Waals surface area contributed by atoms with Gasteiger partial charge in [0.25, 0.3) is 0 Å². The highest BCUT2D eigenvalue weighted by Gasteiger charge is 2.42. The number of benzene rings is 1. The highest BCUT2D eigenvalue weighted by molar-refractivity contribution is 14.1. The quantitative estimate of drug-likeness (QED) is 0.515. The van der Waals surface area contributed by atoms with Gasteiger partial charge in [-0.1, -0.05) is 0 Å². The topological polar surface area (TPSA) is 55.8 Å². The molecule has 30 heavy (non-hydrogen) atoms. The molecule has 6 heteroatoms. The van der Waals surface area contributed by atoms with Crippen molar-refractivity contribution < 1.29 is 19.1 Å². The van der Waals surface area contributed by atoms with E-state index in [1.165, 1.54) is 0 Å². The van der Waals surface area contributed by atoms with E-state index in [1.807, 2.05) is 27.0 Å². The molecule has 0 atom stereocenters. The number of ether oxygens (including phenoxy) is 2. The summed E-state index contributed by atoms with van der Waals surface area (Å²) in [6, 6.07) is 4.00. The van der Waals surface area contributed by atoms with E-state index in [4.69, 9.17) is 9.47 Å². The van der Waals surface area contributed by atoms with Gasteiger partial charge in [0.05, 0.1) is 16.8 Å². The SMILES string of the molecule is COc1cc(C2C3=C(CCCC3=O)N(C)C3=C2C(=O)CCC3)cc(I)c1OC(C)C. The smallest absolute Gasteiger partial charge is 0.174 e. The minimum atomic E-state index is -0.317. The molecule has 0 N–H and O–H groups in total. The normalized spacial score (nSPS) is 20.0. The van der Waals surface area contributed by atoms with Crippen LogP contribution < -0.4 is 9.47 Å². The zero-order chi connectivity index (χ0) is 21.6. The Morgan fingerprint density at radius 1 is 1.00 bits per heavy atom. The Balaban J connectivity index is 1.93. The van der Waals surface area contributed by atoms with Crippen molar-refractivity contribution in [3.8, 4) is 11.5 Å². The predicted octanol–water partition coefficient (Wildman–Crippen LogP) is 5.13. The van der Waals surface area contributed by atoms with Crippen LogP contribution in [0.5, 0.6) is 11.5 Å². The van der Waals surface area contributed by atoms with Crippen LogP contribution in [0.15, 0.2) is 34.7 Å². The van der Waals surface area contributed by atoms with E-state index in [2.05, 4.69) is 33.6 Å². The highest BCUT2D eigenvalue weighted by Crippen LogP contribution is 2.50. The van der Waals surface area contributed by atoms with E-state index in [-0.39, 0.29) is 23.6 Å². The van der Waals surface area contributed by atoms with Gasteiger partial charge >= 0.3 is 0 Å². The maximum absolute atomic E-state index is 13.1. The Labute approximate surface area is 191 Å². The molecule has 5 nitrogen and oxygen atoms in total. The van der Waals surface area contributed by atoms with E-state index < -0.39 is 0 Å². The average Bonchev–Trinajstić information content (AvgIpc) is 2.70. The fourth-order valence-corrected chi connectivity index (χ4v) is 5.69. The monoisotopic (exact) mass is 521 g/mol. The van der Waals surface area contributed by atoms with Gasteiger partial charge in [0.1, 0.15) is 0 Å². The van der Waals surface area contributed by atoms with Crippen LogP contribution in [0.1, 0.15) is 63.9 Å². The zero-order valence-corrected chi connectivity index (χ0v) is 20.2. The Morgan fingerprint density at radius 2 is 1.57 bits per heavy atom. The molecule has 0 spiro atoms. The molecule has 0 unspecified atom stereocenters. The summed E-state index contributed by atoms with van der Waals surface area (Å²) in [7, 11) is 3.64. The average molecular weight is 521 g/mol. The minimum absolute atomic E-state index is 0.0186.